The van der Waals surface area contributed by atoms with Gasteiger partial charge >= 0.3 is 11.9 Å². The summed E-state index contributed by atoms with van der Waals surface area (Å²) in [6.07, 6.45) is 13.2. The van der Waals surface area contributed by atoms with Crippen LogP contribution in [-0.2, 0) is 34.9 Å². The average Bonchev–Trinajstić information content (AvgIpc) is 3.30. The topological polar surface area (TPSA) is 173 Å². The zero-order valence-electron chi connectivity index (χ0n) is 28.4. The number of carbonyl (C=O) groups excluding carboxylic acids is 2. The lowest BCUT2D eigenvalue weighted by atomic mass is 9.65. The number of aromatic nitrogens is 4. The number of hydrogen-bond donors (Lipinski definition) is 3. The van der Waals surface area contributed by atoms with Crippen LogP contribution in [0.3, 0.4) is 0 Å². The normalized spacial score (nSPS) is 27.1. The second-order valence-electron chi connectivity index (χ2n) is 15.5. The van der Waals surface area contributed by atoms with Gasteiger partial charge < -0.3 is 24.5 Å². The van der Waals surface area contributed by atoms with E-state index in [9.17, 15) is 14.2 Å². The Kier molecular flexibility index (Phi) is 9.75. The molecule has 0 aliphatic heterocycles. The van der Waals surface area contributed by atoms with Crippen LogP contribution in [0.2, 0.25) is 0 Å². The van der Waals surface area contributed by atoms with Gasteiger partial charge in [-0.1, -0.05) is 38.5 Å². The third-order valence-corrected chi connectivity index (χ3v) is 13.2. The lowest BCUT2D eigenvalue weighted by Gasteiger charge is -2.45. The number of rotatable bonds is 15. The Morgan fingerprint density at radius 2 is 1.40 bits per heavy atom. The number of imidazole rings is 1. The van der Waals surface area contributed by atoms with Crippen molar-refractivity contribution >= 4 is 36.4 Å². The van der Waals surface area contributed by atoms with Crippen molar-refractivity contribution in [2.75, 3.05) is 12.1 Å². The van der Waals surface area contributed by atoms with Gasteiger partial charge in [0.1, 0.15) is 41.5 Å². The van der Waals surface area contributed by atoms with Crippen LogP contribution in [-0.4, -0.2) is 67.2 Å². The maximum absolute atomic E-state index is 14.7. The lowest BCUT2D eigenvalue weighted by molar-refractivity contribution is -0.164. The van der Waals surface area contributed by atoms with Crippen molar-refractivity contribution in [2.24, 2.45) is 23.7 Å². The van der Waals surface area contributed by atoms with Crippen molar-refractivity contribution in [1.29, 1.82) is 0 Å². The lowest BCUT2D eigenvalue weighted by Crippen LogP contribution is -2.55. The molecule has 0 radical (unpaired) electrons. The summed E-state index contributed by atoms with van der Waals surface area (Å²) in [6.45, 7) is 8.78. The van der Waals surface area contributed by atoms with E-state index in [1.54, 1.807) is 38.6 Å². The standard InChI is InChI=1S/C33H52N7O6P/c1-20(16-40-18-37-27-28(34)35-17-36-29(27)40)44-19-47(43,38-32(2,3)30(41)45-25-12-23(13-25)21-8-6-9-21)39-33(4,5)31(42)46-26-14-24(15-26)22-10-7-11-22/h17-18,20-26H,6-16,19H2,1-5H3,(H2,34,35,36)(H2,38,39,43)/t20-,23?,24?,25?,26?,47?/m1/s1. The molecule has 2 aromatic heterocycles. The molecule has 0 spiro atoms. The van der Waals surface area contributed by atoms with Crippen molar-refractivity contribution in [3.63, 3.8) is 0 Å². The zero-order chi connectivity index (χ0) is 33.6. The molecule has 4 aliphatic rings. The summed E-state index contributed by atoms with van der Waals surface area (Å²) < 4.78 is 34.4. The SMILES string of the molecule is C[C@H](Cn1cnc2c(N)ncnc21)OCP(=O)(NC(C)(C)C(=O)OC1CC(C2CCC2)C1)NC(C)(C)C(=O)OC1CC(C2CCC2)C1. The summed E-state index contributed by atoms with van der Waals surface area (Å²) in [4.78, 5) is 39.4. The van der Waals surface area contributed by atoms with Gasteiger partial charge in [-0.2, -0.15) is 0 Å². The summed E-state index contributed by atoms with van der Waals surface area (Å²) in [5.74, 6) is 2.09. The highest BCUT2D eigenvalue weighted by atomic mass is 31.2. The van der Waals surface area contributed by atoms with Gasteiger partial charge in [-0.25, -0.2) is 25.1 Å². The Balaban J connectivity index is 1.10. The number of nitrogens with zero attached hydrogens (tertiary/aromatic N) is 4. The Labute approximate surface area is 277 Å². The van der Waals surface area contributed by atoms with Crippen LogP contribution < -0.4 is 15.9 Å². The Hall–Kier alpha value is -2.60. The van der Waals surface area contributed by atoms with Crippen LogP contribution in [0.4, 0.5) is 5.82 Å². The van der Waals surface area contributed by atoms with Gasteiger partial charge in [-0.05, 0) is 84.0 Å². The van der Waals surface area contributed by atoms with E-state index in [1.165, 1.54) is 44.9 Å². The fourth-order valence-corrected chi connectivity index (χ4v) is 9.91. The number of esters is 2. The number of anilines is 1. The number of nitrogens with two attached hydrogens (primary N) is 1. The van der Waals surface area contributed by atoms with Crippen molar-refractivity contribution in [1.82, 2.24) is 29.7 Å². The van der Waals surface area contributed by atoms with E-state index in [-0.39, 0.29) is 24.4 Å². The van der Waals surface area contributed by atoms with Gasteiger partial charge in [0.25, 0.3) is 0 Å². The number of fused-ring (bicyclic) bond motifs is 1. The smallest absolute Gasteiger partial charge is 0.326 e. The zero-order valence-corrected chi connectivity index (χ0v) is 29.3. The van der Waals surface area contributed by atoms with Gasteiger partial charge in [0.05, 0.1) is 19.0 Å². The predicted octanol–water partition coefficient (Wildman–Crippen LogP) is 4.94. The summed E-state index contributed by atoms with van der Waals surface area (Å²) in [6, 6.07) is 0. The van der Waals surface area contributed by atoms with E-state index in [0.717, 1.165) is 37.5 Å². The first-order valence-corrected chi connectivity index (χ1v) is 19.2. The molecule has 4 N–H and O–H groups in total. The molecule has 47 heavy (non-hydrogen) atoms. The maximum atomic E-state index is 14.7. The third-order valence-electron chi connectivity index (χ3n) is 10.8. The quantitative estimate of drug-likeness (QED) is 0.172. The molecule has 1 atom stereocenters. The van der Waals surface area contributed by atoms with Gasteiger partial charge in [0.2, 0.25) is 7.44 Å². The van der Waals surface area contributed by atoms with E-state index < -0.39 is 36.6 Å². The monoisotopic (exact) mass is 673 g/mol. The number of carbonyl (C=O) groups is 2. The molecule has 260 valence electrons. The molecule has 4 fully saturated rings. The number of nitrogens with one attached hydrogen (secondary N) is 2. The van der Waals surface area contributed by atoms with Crippen molar-refractivity contribution in [3.8, 4) is 0 Å². The Morgan fingerprint density at radius 3 is 1.87 bits per heavy atom. The molecule has 4 aliphatic carbocycles. The maximum Gasteiger partial charge on any atom is 0.326 e. The Morgan fingerprint density at radius 1 is 0.894 bits per heavy atom. The van der Waals surface area contributed by atoms with E-state index in [4.69, 9.17) is 19.9 Å². The number of nitrogen functional groups attached to an aromatic ring is 1. The first-order valence-electron chi connectivity index (χ1n) is 17.3. The number of hydrogen-bond acceptors (Lipinski definition) is 10. The molecule has 0 aromatic carbocycles. The average molecular weight is 674 g/mol. The fourth-order valence-electron chi connectivity index (χ4n) is 7.28. The minimum atomic E-state index is -3.78. The minimum Gasteiger partial charge on any atom is -0.461 e. The van der Waals surface area contributed by atoms with Gasteiger partial charge in [-0.3, -0.25) is 14.2 Å². The molecule has 13 nitrogen and oxygen atoms in total. The summed E-state index contributed by atoms with van der Waals surface area (Å²) in [5, 5.41) is 6.08. The largest absolute Gasteiger partial charge is 0.461 e. The van der Waals surface area contributed by atoms with Crippen LogP contribution in [0.5, 0.6) is 0 Å². The van der Waals surface area contributed by atoms with E-state index >= 15 is 0 Å². The molecule has 2 heterocycles. The van der Waals surface area contributed by atoms with Crippen LogP contribution in [0.25, 0.3) is 11.2 Å². The van der Waals surface area contributed by atoms with Crippen molar-refractivity contribution in [2.45, 2.75) is 135 Å². The van der Waals surface area contributed by atoms with E-state index in [1.807, 2.05) is 6.92 Å². The van der Waals surface area contributed by atoms with E-state index in [2.05, 4.69) is 25.1 Å². The summed E-state index contributed by atoms with van der Waals surface area (Å²) in [5.41, 5.74) is 4.34. The first-order chi connectivity index (χ1) is 22.2. The molecule has 4 saturated carbocycles. The van der Waals surface area contributed by atoms with Crippen molar-refractivity contribution < 1.29 is 28.4 Å². The highest BCUT2D eigenvalue weighted by Gasteiger charge is 2.47. The highest BCUT2D eigenvalue weighted by Crippen LogP contribution is 2.47. The van der Waals surface area contributed by atoms with E-state index in [0.29, 0.717) is 29.5 Å². The Bertz CT molecular complexity index is 1430. The van der Waals surface area contributed by atoms with Gasteiger partial charge in [0.15, 0.2) is 11.5 Å². The highest BCUT2D eigenvalue weighted by molar-refractivity contribution is 7.59. The van der Waals surface area contributed by atoms with Crippen LogP contribution >= 0.6 is 7.44 Å². The molecule has 6 rings (SSSR count). The van der Waals surface area contributed by atoms with Gasteiger partial charge in [-0.15, -0.1) is 0 Å². The number of ether oxygens (including phenoxy) is 3. The molecule has 0 unspecified atom stereocenters. The molecule has 0 amide bonds. The summed E-state index contributed by atoms with van der Waals surface area (Å²) in [7, 11) is -3.78. The van der Waals surface area contributed by atoms with Gasteiger partial charge in [0, 0.05) is 0 Å². The third kappa shape index (κ3) is 7.68. The predicted molar refractivity (Wildman–Crippen MR) is 177 cm³/mol. The molecule has 0 saturated heterocycles. The van der Waals surface area contributed by atoms with Crippen molar-refractivity contribution in [3.05, 3.63) is 12.7 Å². The minimum absolute atomic E-state index is 0.127. The van der Waals surface area contributed by atoms with Crippen LogP contribution in [0.1, 0.15) is 98.8 Å². The molecule has 0 bridgehead atoms. The molecular weight excluding hydrogens is 621 g/mol. The second-order valence-corrected chi connectivity index (χ2v) is 17.7. The summed E-state index contributed by atoms with van der Waals surface area (Å²) >= 11 is 0. The molecule has 14 heteroatoms. The molecular formula is C33H52N7O6P. The molecule has 2 aromatic rings. The van der Waals surface area contributed by atoms with Crippen LogP contribution in [0, 0.1) is 23.7 Å². The first kappa shape index (κ1) is 34.3. The fraction of sp³-hybridized carbons (Fsp3) is 0.788. The second kappa shape index (κ2) is 13.4. The van der Waals surface area contributed by atoms with Crippen LogP contribution in [0.15, 0.2) is 12.7 Å².